The molecule has 1 atom stereocenters. The van der Waals surface area contributed by atoms with Crippen LogP contribution in [0.15, 0.2) is 11.1 Å². The van der Waals surface area contributed by atoms with Crippen molar-refractivity contribution in [3.05, 3.63) is 11.1 Å². The van der Waals surface area contributed by atoms with Crippen LogP contribution >= 0.6 is 23.2 Å². The fraction of sp³-hybridized carbons (Fsp3) is 0.778. The Hall–Kier alpha value is 0.280. The molecule has 1 saturated carbocycles. The zero-order chi connectivity index (χ0) is 8.97. The summed E-state index contributed by atoms with van der Waals surface area (Å²) in [5.74, 6) is 0.763. The summed E-state index contributed by atoms with van der Waals surface area (Å²) in [5.41, 5.74) is 2.75. The predicted molar refractivity (Wildman–Crippen MR) is 54.8 cm³/mol. The molecule has 0 amide bonds. The van der Waals surface area contributed by atoms with Gasteiger partial charge < -0.3 is 5.32 Å². The molecule has 1 N–H and O–H groups in total. The Morgan fingerprint density at radius 1 is 1.67 bits per heavy atom. The largest absolute Gasteiger partial charge is 0.311 e. The van der Waals surface area contributed by atoms with E-state index in [0.717, 1.165) is 24.6 Å². The smallest absolute Gasteiger partial charge is 0.0488 e. The Morgan fingerprint density at radius 2 is 2.33 bits per heavy atom. The Morgan fingerprint density at radius 3 is 2.83 bits per heavy atom. The van der Waals surface area contributed by atoms with Gasteiger partial charge in [-0.1, -0.05) is 11.6 Å². The molecule has 0 bridgehead atoms. The molecule has 1 fully saturated rings. The average Bonchev–Trinajstić information content (AvgIpc) is 2.86. The van der Waals surface area contributed by atoms with Crippen molar-refractivity contribution >= 4 is 23.2 Å². The Balaban J connectivity index is 2.01. The highest BCUT2D eigenvalue weighted by atomic mass is 35.5. The van der Waals surface area contributed by atoms with Gasteiger partial charge in [0.15, 0.2) is 0 Å². The Kier molecular flexibility index (Phi) is 4.41. The van der Waals surface area contributed by atoms with Crippen LogP contribution in [0.3, 0.4) is 0 Å². The third kappa shape index (κ3) is 3.79. The van der Waals surface area contributed by atoms with E-state index in [1.807, 2.05) is 6.92 Å². The molecule has 1 rings (SSSR count). The van der Waals surface area contributed by atoms with Crippen LogP contribution in [0.1, 0.15) is 19.8 Å². The number of nitrogens with one attached hydrogen (secondary N) is 1. The molecular weight excluding hydrogens is 193 g/mol. The standard InChI is InChI=1S/C9H15Cl2N/c1-7(4-10)5-12-6-9(11)8-2-3-8/h4,8-9,12H,2-3,5-6H2,1H3. The van der Waals surface area contributed by atoms with Gasteiger partial charge in [0.05, 0.1) is 0 Å². The number of rotatable bonds is 5. The lowest BCUT2D eigenvalue weighted by Gasteiger charge is -2.08. The molecule has 0 aromatic carbocycles. The quantitative estimate of drug-likeness (QED) is 0.685. The van der Waals surface area contributed by atoms with Crippen molar-refractivity contribution in [1.82, 2.24) is 5.32 Å². The number of hydrogen-bond acceptors (Lipinski definition) is 1. The number of alkyl halides is 1. The van der Waals surface area contributed by atoms with E-state index >= 15 is 0 Å². The summed E-state index contributed by atoms with van der Waals surface area (Å²) in [6, 6.07) is 0. The SMILES string of the molecule is CC(=CCl)CNCC(Cl)C1CC1. The van der Waals surface area contributed by atoms with Crippen LogP contribution in [-0.4, -0.2) is 18.5 Å². The van der Waals surface area contributed by atoms with E-state index in [2.05, 4.69) is 5.32 Å². The van der Waals surface area contributed by atoms with Crippen molar-refractivity contribution in [2.75, 3.05) is 13.1 Å². The number of hydrogen-bond donors (Lipinski definition) is 1. The van der Waals surface area contributed by atoms with Gasteiger partial charge in [-0.25, -0.2) is 0 Å². The highest BCUT2D eigenvalue weighted by Gasteiger charge is 2.28. The third-order valence-electron chi connectivity index (χ3n) is 2.06. The van der Waals surface area contributed by atoms with E-state index in [-0.39, 0.29) is 0 Å². The molecular formula is C9H15Cl2N. The second-order valence-electron chi connectivity index (χ2n) is 3.44. The van der Waals surface area contributed by atoms with Gasteiger partial charge in [0, 0.05) is 24.0 Å². The van der Waals surface area contributed by atoms with Gasteiger partial charge in [-0.15, -0.1) is 11.6 Å². The zero-order valence-corrected chi connectivity index (χ0v) is 8.83. The number of halogens is 2. The monoisotopic (exact) mass is 207 g/mol. The van der Waals surface area contributed by atoms with Crippen molar-refractivity contribution < 1.29 is 0 Å². The van der Waals surface area contributed by atoms with Crippen LogP contribution < -0.4 is 5.32 Å². The van der Waals surface area contributed by atoms with Crippen molar-refractivity contribution in [1.29, 1.82) is 0 Å². The van der Waals surface area contributed by atoms with Gasteiger partial charge in [0.1, 0.15) is 0 Å². The molecule has 0 aromatic heterocycles. The molecule has 0 radical (unpaired) electrons. The van der Waals surface area contributed by atoms with Crippen molar-refractivity contribution in [3.63, 3.8) is 0 Å². The maximum absolute atomic E-state index is 6.09. The van der Waals surface area contributed by atoms with E-state index in [1.54, 1.807) is 5.54 Å². The summed E-state index contributed by atoms with van der Waals surface area (Å²) < 4.78 is 0. The highest BCUT2D eigenvalue weighted by molar-refractivity contribution is 6.25. The first kappa shape index (κ1) is 10.4. The van der Waals surface area contributed by atoms with Crippen LogP contribution in [-0.2, 0) is 0 Å². The first-order chi connectivity index (χ1) is 5.74. The van der Waals surface area contributed by atoms with E-state index in [4.69, 9.17) is 23.2 Å². The van der Waals surface area contributed by atoms with Gasteiger partial charge in [-0.2, -0.15) is 0 Å². The van der Waals surface area contributed by atoms with Gasteiger partial charge >= 0.3 is 0 Å². The van der Waals surface area contributed by atoms with Gasteiger partial charge in [-0.3, -0.25) is 0 Å². The van der Waals surface area contributed by atoms with E-state index in [0.29, 0.717) is 5.38 Å². The van der Waals surface area contributed by atoms with Gasteiger partial charge in [0.2, 0.25) is 0 Å². The second kappa shape index (κ2) is 5.11. The summed E-state index contributed by atoms with van der Waals surface area (Å²) in [5, 5.41) is 3.59. The predicted octanol–water partition coefficient (Wildman–Crippen LogP) is 2.74. The van der Waals surface area contributed by atoms with Crippen LogP contribution in [0.25, 0.3) is 0 Å². The molecule has 12 heavy (non-hydrogen) atoms. The average molecular weight is 208 g/mol. The van der Waals surface area contributed by atoms with Crippen LogP contribution in [0, 0.1) is 5.92 Å². The van der Waals surface area contributed by atoms with Crippen LogP contribution in [0.4, 0.5) is 0 Å². The molecule has 1 nitrogen and oxygen atoms in total. The maximum Gasteiger partial charge on any atom is 0.0488 e. The normalized spacial score (nSPS) is 21.1. The van der Waals surface area contributed by atoms with E-state index in [9.17, 15) is 0 Å². The highest BCUT2D eigenvalue weighted by Crippen LogP contribution is 2.35. The maximum atomic E-state index is 6.09. The van der Waals surface area contributed by atoms with Crippen molar-refractivity contribution in [2.45, 2.75) is 25.1 Å². The van der Waals surface area contributed by atoms with E-state index in [1.165, 1.54) is 12.8 Å². The van der Waals surface area contributed by atoms with E-state index < -0.39 is 0 Å². The summed E-state index contributed by atoms with van der Waals surface area (Å²) in [6.45, 7) is 3.74. The molecule has 1 unspecified atom stereocenters. The Bertz CT molecular complexity index is 164. The second-order valence-corrected chi connectivity index (χ2v) is 4.22. The minimum atomic E-state index is 0.313. The third-order valence-corrected chi connectivity index (χ3v) is 2.95. The van der Waals surface area contributed by atoms with Crippen molar-refractivity contribution in [3.8, 4) is 0 Å². The molecule has 0 heterocycles. The summed E-state index contributed by atoms with van der Waals surface area (Å²) in [4.78, 5) is 0. The lowest BCUT2D eigenvalue weighted by molar-refractivity contribution is 0.645. The first-order valence-corrected chi connectivity index (χ1v) is 5.22. The fourth-order valence-corrected chi connectivity index (χ4v) is 1.51. The van der Waals surface area contributed by atoms with Crippen LogP contribution in [0.5, 0.6) is 0 Å². The molecule has 0 spiro atoms. The molecule has 1 aliphatic carbocycles. The molecule has 3 heteroatoms. The first-order valence-electron chi connectivity index (χ1n) is 4.34. The van der Waals surface area contributed by atoms with Gasteiger partial charge in [0.25, 0.3) is 0 Å². The van der Waals surface area contributed by atoms with Gasteiger partial charge in [-0.05, 0) is 31.3 Å². The summed E-state index contributed by atoms with van der Waals surface area (Å²) in [7, 11) is 0. The lowest BCUT2D eigenvalue weighted by Crippen LogP contribution is -2.25. The molecule has 0 aromatic rings. The summed E-state index contributed by atoms with van der Waals surface area (Å²) in [6.07, 6.45) is 2.61. The summed E-state index contributed by atoms with van der Waals surface area (Å²) >= 11 is 11.6. The van der Waals surface area contributed by atoms with Crippen LogP contribution in [0.2, 0.25) is 0 Å². The minimum Gasteiger partial charge on any atom is -0.311 e. The molecule has 1 aliphatic rings. The fourth-order valence-electron chi connectivity index (χ4n) is 1.07. The zero-order valence-electron chi connectivity index (χ0n) is 7.32. The minimum absolute atomic E-state index is 0.313. The molecule has 0 saturated heterocycles. The molecule has 0 aliphatic heterocycles. The Labute approximate surface area is 84.1 Å². The molecule has 70 valence electrons. The van der Waals surface area contributed by atoms with Crippen molar-refractivity contribution in [2.24, 2.45) is 5.92 Å². The topological polar surface area (TPSA) is 12.0 Å². The lowest BCUT2D eigenvalue weighted by atomic mass is 10.2.